The van der Waals surface area contributed by atoms with Crippen molar-refractivity contribution in [1.82, 2.24) is 19.9 Å². The van der Waals surface area contributed by atoms with Gasteiger partial charge in [-0.3, -0.25) is 9.69 Å². The van der Waals surface area contributed by atoms with Gasteiger partial charge in [0.15, 0.2) is 0 Å². The second kappa shape index (κ2) is 6.84. The maximum Gasteiger partial charge on any atom is 0.255 e. The first kappa shape index (κ1) is 16.1. The fourth-order valence-electron chi connectivity index (χ4n) is 3.06. The van der Waals surface area contributed by atoms with Crippen molar-refractivity contribution in [3.05, 3.63) is 41.4 Å². The Labute approximate surface area is 147 Å². The smallest absolute Gasteiger partial charge is 0.255 e. The summed E-state index contributed by atoms with van der Waals surface area (Å²) < 4.78 is 5.11. The summed E-state index contributed by atoms with van der Waals surface area (Å²) in [5.41, 5.74) is 1.60. The standard InChI is InChI=1S/C18H23N5O2/c1-13-10-16(21-25-13)12-22-6-8-23(9-7-22)18(24)14-2-5-17(19-11-14)20-15-3-4-15/h2,5,10-11,15H,3-4,6-9,12H2,1H3,(H,19,20). The predicted octanol–water partition coefficient (Wildman–Crippen LogP) is 1.91. The number of pyridine rings is 1. The molecule has 1 aliphatic carbocycles. The Bertz CT molecular complexity index is 730. The van der Waals surface area contributed by atoms with Crippen LogP contribution in [0.4, 0.5) is 5.82 Å². The van der Waals surface area contributed by atoms with E-state index in [2.05, 4.69) is 20.4 Å². The molecule has 0 aromatic carbocycles. The molecule has 2 aliphatic rings. The highest BCUT2D eigenvalue weighted by atomic mass is 16.5. The first-order valence-electron chi connectivity index (χ1n) is 8.84. The molecule has 1 saturated heterocycles. The van der Waals surface area contributed by atoms with Crippen LogP contribution in [-0.2, 0) is 6.54 Å². The molecule has 2 aromatic rings. The summed E-state index contributed by atoms with van der Waals surface area (Å²) in [6, 6.07) is 6.29. The Kier molecular flexibility index (Phi) is 4.40. The van der Waals surface area contributed by atoms with Crippen molar-refractivity contribution < 1.29 is 9.32 Å². The van der Waals surface area contributed by atoms with Crippen molar-refractivity contribution in [3.8, 4) is 0 Å². The van der Waals surface area contributed by atoms with Crippen molar-refractivity contribution in [2.75, 3.05) is 31.5 Å². The maximum absolute atomic E-state index is 12.6. The van der Waals surface area contributed by atoms with Crippen LogP contribution in [0.1, 0.15) is 34.7 Å². The number of nitrogens with zero attached hydrogens (tertiary/aromatic N) is 4. The highest BCUT2D eigenvalue weighted by Gasteiger charge is 2.24. The number of carbonyl (C=O) groups is 1. The molecule has 4 rings (SSSR count). The van der Waals surface area contributed by atoms with E-state index in [0.717, 1.165) is 50.0 Å². The van der Waals surface area contributed by atoms with Crippen LogP contribution in [0.2, 0.25) is 0 Å². The third-order valence-electron chi connectivity index (χ3n) is 4.66. The summed E-state index contributed by atoms with van der Waals surface area (Å²) in [5.74, 6) is 1.74. The van der Waals surface area contributed by atoms with Crippen LogP contribution in [0.5, 0.6) is 0 Å². The fraction of sp³-hybridized carbons (Fsp3) is 0.500. The fourth-order valence-corrected chi connectivity index (χ4v) is 3.06. The molecule has 7 heteroatoms. The predicted molar refractivity (Wildman–Crippen MR) is 93.3 cm³/mol. The lowest BCUT2D eigenvalue weighted by Crippen LogP contribution is -2.48. The van der Waals surface area contributed by atoms with E-state index < -0.39 is 0 Å². The second-order valence-electron chi connectivity index (χ2n) is 6.85. The first-order chi connectivity index (χ1) is 12.2. The van der Waals surface area contributed by atoms with E-state index in [-0.39, 0.29) is 5.91 Å². The average Bonchev–Trinajstić information content (AvgIpc) is 3.35. The van der Waals surface area contributed by atoms with Crippen molar-refractivity contribution in [2.24, 2.45) is 0 Å². The quantitative estimate of drug-likeness (QED) is 0.895. The Balaban J connectivity index is 1.29. The van der Waals surface area contributed by atoms with Gasteiger partial charge in [0.1, 0.15) is 11.6 Å². The molecule has 1 amide bonds. The van der Waals surface area contributed by atoms with Crippen molar-refractivity contribution in [1.29, 1.82) is 0 Å². The Morgan fingerprint density at radius 2 is 2.08 bits per heavy atom. The number of rotatable bonds is 5. The number of carbonyl (C=O) groups excluding carboxylic acids is 1. The summed E-state index contributed by atoms with van der Waals surface area (Å²) in [7, 11) is 0. The summed E-state index contributed by atoms with van der Waals surface area (Å²) in [6.45, 7) is 5.78. The number of anilines is 1. The van der Waals surface area contributed by atoms with Crippen molar-refractivity contribution in [2.45, 2.75) is 32.4 Å². The molecule has 0 unspecified atom stereocenters. The molecule has 1 aliphatic heterocycles. The van der Waals surface area contributed by atoms with Gasteiger partial charge in [-0.25, -0.2) is 4.98 Å². The van der Waals surface area contributed by atoms with Crippen LogP contribution in [0.25, 0.3) is 0 Å². The van der Waals surface area contributed by atoms with Gasteiger partial charge in [0.2, 0.25) is 0 Å². The number of piperazine rings is 1. The summed E-state index contributed by atoms with van der Waals surface area (Å²) in [4.78, 5) is 21.2. The van der Waals surface area contributed by atoms with Crippen LogP contribution < -0.4 is 5.32 Å². The van der Waals surface area contributed by atoms with Crippen LogP contribution in [0.3, 0.4) is 0 Å². The van der Waals surface area contributed by atoms with Crippen molar-refractivity contribution in [3.63, 3.8) is 0 Å². The van der Waals surface area contributed by atoms with Crippen LogP contribution in [0, 0.1) is 6.92 Å². The molecule has 1 saturated carbocycles. The number of aryl methyl sites for hydroxylation is 1. The average molecular weight is 341 g/mol. The van der Waals surface area contributed by atoms with E-state index in [1.54, 1.807) is 6.20 Å². The van der Waals surface area contributed by atoms with Gasteiger partial charge in [-0.2, -0.15) is 0 Å². The Morgan fingerprint density at radius 1 is 1.28 bits per heavy atom. The molecule has 2 fully saturated rings. The topological polar surface area (TPSA) is 74.5 Å². The lowest BCUT2D eigenvalue weighted by molar-refractivity contribution is 0.0625. The SMILES string of the molecule is Cc1cc(CN2CCN(C(=O)c3ccc(NC4CC4)nc3)CC2)no1. The highest BCUT2D eigenvalue weighted by molar-refractivity contribution is 5.94. The van der Waals surface area contributed by atoms with Gasteiger partial charge in [-0.1, -0.05) is 5.16 Å². The van der Waals surface area contributed by atoms with E-state index >= 15 is 0 Å². The van der Waals surface area contributed by atoms with Gasteiger partial charge in [-0.15, -0.1) is 0 Å². The zero-order chi connectivity index (χ0) is 17.2. The molecule has 3 heterocycles. The number of amides is 1. The first-order valence-corrected chi connectivity index (χ1v) is 8.84. The molecule has 1 N–H and O–H groups in total. The third-order valence-corrected chi connectivity index (χ3v) is 4.66. The van der Waals surface area contributed by atoms with Gasteiger partial charge in [0, 0.05) is 51.0 Å². The number of nitrogens with one attached hydrogen (secondary N) is 1. The zero-order valence-electron chi connectivity index (χ0n) is 14.4. The van der Waals surface area contributed by atoms with Gasteiger partial charge >= 0.3 is 0 Å². The zero-order valence-corrected chi connectivity index (χ0v) is 14.4. The molecule has 0 radical (unpaired) electrons. The minimum absolute atomic E-state index is 0.0578. The molecular formula is C18H23N5O2. The second-order valence-corrected chi connectivity index (χ2v) is 6.85. The summed E-state index contributed by atoms with van der Waals surface area (Å²) >= 11 is 0. The van der Waals surface area contributed by atoms with Crippen LogP contribution >= 0.6 is 0 Å². The minimum atomic E-state index is 0.0578. The minimum Gasteiger partial charge on any atom is -0.367 e. The summed E-state index contributed by atoms with van der Waals surface area (Å²) in [6.07, 6.45) is 4.10. The van der Waals surface area contributed by atoms with Gasteiger partial charge in [0.25, 0.3) is 5.91 Å². The molecule has 2 aromatic heterocycles. The number of aromatic nitrogens is 2. The largest absolute Gasteiger partial charge is 0.367 e. The molecule has 7 nitrogen and oxygen atoms in total. The van der Waals surface area contributed by atoms with Gasteiger partial charge < -0.3 is 14.7 Å². The van der Waals surface area contributed by atoms with E-state index in [1.165, 1.54) is 12.8 Å². The Hall–Kier alpha value is -2.41. The van der Waals surface area contributed by atoms with E-state index in [0.29, 0.717) is 11.6 Å². The van der Waals surface area contributed by atoms with Gasteiger partial charge in [-0.05, 0) is 31.9 Å². The lowest BCUT2D eigenvalue weighted by atomic mass is 10.2. The normalized spacial score (nSPS) is 18.4. The molecule has 25 heavy (non-hydrogen) atoms. The highest BCUT2D eigenvalue weighted by Crippen LogP contribution is 2.23. The molecule has 0 bridgehead atoms. The van der Waals surface area contributed by atoms with Crippen LogP contribution in [0.15, 0.2) is 28.9 Å². The van der Waals surface area contributed by atoms with Gasteiger partial charge in [0.05, 0.1) is 11.3 Å². The monoisotopic (exact) mass is 341 g/mol. The molecule has 0 atom stereocenters. The van der Waals surface area contributed by atoms with E-state index in [1.807, 2.05) is 30.0 Å². The molecule has 0 spiro atoms. The number of hydrogen-bond acceptors (Lipinski definition) is 6. The lowest BCUT2D eigenvalue weighted by Gasteiger charge is -2.34. The Morgan fingerprint density at radius 3 is 2.68 bits per heavy atom. The van der Waals surface area contributed by atoms with E-state index in [4.69, 9.17) is 4.52 Å². The molecule has 132 valence electrons. The number of hydrogen-bond donors (Lipinski definition) is 1. The maximum atomic E-state index is 12.6. The third kappa shape index (κ3) is 3.99. The molecular weight excluding hydrogens is 318 g/mol. The van der Waals surface area contributed by atoms with E-state index in [9.17, 15) is 4.79 Å². The summed E-state index contributed by atoms with van der Waals surface area (Å²) in [5, 5.41) is 7.37. The van der Waals surface area contributed by atoms with Crippen molar-refractivity contribution >= 4 is 11.7 Å². The van der Waals surface area contributed by atoms with Crippen LogP contribution in [-0.4, -0.2) is 58.1 Å².